The Morgan fingerprint density at radius 2 is 0.902 bits per heavy atom. The Hall–Kier alpha value is -7.68. The van der Waals surface area contributed by atoms with Crippen molar-refractivity contribution in [2.75, 3.05) is 0 Å². The van der Waals surface area contributed by atoms with E-state index < -0.39 is 0 Å². The summed E-state index contributed by atoms with van der Waals surface area (Å²) in [6.07, 6.45) is 0. The van der Waals surface area contributed by atoms with Crippen molar-refractivity contribution in [2.45, 2.75) is 19.3 Å². The minimum Gasteiger partial charge on any atom is -0.228 e. The summed E-state index contributed by atoms with van der Waals surface area (Å²) < 4.78 is 0. The molecule has 2 heteroatoms. The Morgan fingerprint density at radius 1 is 0.311 bits per heavy atom. The van der Waals surface area contributed by atoms with Crippen molar-refractivity contribution in [1.29, 1.82) is 0 Å². The molecule has 0 N–H and O–H groups in total. The fourth-order valence-electron chi connectivity index (χ4n) is 10.0. The minimum absolute atomic E-state index is 0.0521. The molecule has 12 rings (SSSR count). The Morgan fingerprint density at radius 3 is 1.70 bits per heavy atom. The minimum atomic E-state index is -0.0521. The average Bonchev–Trinajstić information content (AvgIpc) is 3.55. The summed E-state index contributed by atoms with van der Waals surface area (Å²) >= 11 is 0. The van der Waals surface area contributed by atoms with E-state index in [1.54, 1.807) is 0 Å². The van der Waals surface area contributed by atoms with Gasteiger partial charge in [-0.05, 0) is 106 Å². The summed E-state index contributed by atoms with van der Waals surface area (Å²) in [6, 6.07) is 75.0. The van der Waals surface area contributed by atoms with Crippen molar-refractivity contribution in [3.05, 3.63) is 217 Å². The number of rotatable bonds is 5. The van der Waals surface area contributed by atoms with Gasteiger partial charge in [-0.2, -0.15) is 0 Å². The molecular weight excluding hydrogens is 737 g/mol. The fraction of sp³-hybridized carbons (Fsp3) is 0.0508. The second-order valence-corrected chi connectivity index (χ2v) is 16.9. The van der Waals surface area contributed by atoms with Gasteiger partial charge in [0.15, 0.2) is 5.82 Å². The lowest BCUT2D eigenvalue weighted by Crippen LogP contribution is -2.14. The van der Waals surface area contributed by atoms with Crippen molar-refractivity contribution in [3.8, 4) is 67.3 Å². The number of hydrogen-bond donors (Lipinski definition) is 0. The van der Waals surface area contributed by atoms with Crippen molar-refractivity contribution >= 4 is 43.1 Å². The Bertz CT molecular complexity index is 3540. The number of fused-ring (bicyclic) bond motifs is 8. The lowest BCUT2D eigenvalue weighted by molar-refractivity contribution is 0.660. The highest BCUT2D eigenvalue weighted by molar-refractivity contribution is 6.23. The van der Waals surface area contributed by atoms with E-state index in [4.69, 9.17) is 9.97 Å². The van der Waals surface area contributed by atoms with Crippen LogP contribution in [0.5, 0.6) is 0 Å². The van der Waals surface area contributed by atoms with Gasteiger partial charge in [0.25, 0.3) is 0 Å². The summed E-state index contributed by atoms with van der Waals surface area (Å²) in [5, 5.41) is 10.1. The summed E-state index contributed by atoms with van der Waals surface area (Å²) in [6.45, 7) is 4.64. The van der Waals surface area contributed by atoms with Crippen LogP contribution in [0, 0.1) is 0 Å². The summed E-state index contributed by atoms with van der Waals surface area (Å²) in [4.78, 5) is 10.4. The molecule has 10 aromatic carbocycles. The normalized spacial score (nSPS) is 12.9. The van der Waals surface area contributed by atoms with E-state index in [9.17, 15) is 0 Å². The van der Waals surface area contributed by atoms with Gasteiger partial charge in [-0.1, -0.05) is 202 Å². The van der Waals surface area contributed by atoms with Gasteiger partial charge >= 0.3 is 0 Å². The van der Waals surface area contributed by atoms with Crippen molar-refractivity contribution in [3.63, 3.8) is 0 Å². The van der Waals surface area contributed by atoms with E-state index in [1.807, 2.05) is 6.07 Å². The zero-order valence-electron chi connectivity index (χ0n) is 34.0. The van der Waals surface area contributed by atoms with E-state index >= 15 is 0 Å². The molecule has 2 nitrogen and oxygen atoms in total. The molecule has 0 spiro atoms. The molecule has 0 radical (unpaired) electrons. The van der Waals surface area contributed by atoms with E-state index in [-0.39, 0.29) is 5.41 Å². The second-order valence-electron chi connectivity index (χ2n) is 16.9. The van der Waals surface area contributed by atoms with E-state index in [0.717, 1.165) is 33.6 Å². The zero-order valence-corrected chi connectivity index (χ0v) is 34.0. The molecule has 0 bridgehead atoms. The van der Waals surface area contributed by atoms with Gasteiger partial charge in [0, 0.05) is 22.1 Å². The van der Waals surface area contributed by atoms with Crippen molar-refractivity contribution < 1.29 is 0 Å². The summed E-state index contributed by atoms with van der Waals surface area (Å²) in [5.41, 5.74) is 15.1. The van der Waals surface area contributed by atoms with Gasteiger partial charge in [-0.25, -0.2) is 9.97 Å². The van der Waals surface area contributed by atoms with Crippen LogP contribution in [0.3, 0.4) is 0 Å². The number of hydrogen-bond acceptors (Lipinski definition) is 2. The third-order valence-corrected chi connectivity index (χ3v) is 13.1. The van der Waals surface area contributed by atoms with Crippen LogP contribution in [0.25, 0.3) is 110 Å². The topological polar surface area (TPSA) is 25.8 Å². The zero-order chi connectivity index (χ0) is 40.7. The molecular formula is C59H40N2. The maximum Gasteiger partial charge on any atom is 0.160 e. The highest BCUT2D eigenvalue weighted by Gasteiger charge is 2.35. The highest BCUT2D eigenvalue weighted by Crippen LogP contribution is 2.50. The van der Waals surface area contributed by atoms with Crippen molar-refractivity contribution in [1.82, 2.24) is 9.97 Å². The molecule has 1 heterocycles. The van der Waals surface area contributed by atoms with Gasteiger partial charge in [-0.3, -0.25) is 0 Å². The molecule has 11 aromatic rings. The molecule has 0 fully saturated rings. The first kappa shape index (κ1) is 35.3. The predicted molar refractivity (Wildman–Crippen MR) is 257 cm³/mol. The number of benzene rings is 10. The van der Waals surface area contributed by atoms with Crippen LogP contribution in [0.2, 0.25) is 0 Å². The van der Waals surface area contributed by atoms with Gasteiger partial charge < -0.3 is 0 Å². The summed E-state index contributed by atoms with van der Waals surface area (Å²) in [7, 11) is 0. The molecule has 1 aliphatic rings. The van der Waals surface area contributed by atoms with Gasteiger partial charge in [-0.15, -0.1) is 0 Å². The predicted octanol–water partition coefficient (Wildman–Crippen LogP) is 15.7. The Balaban J connectivity index is 0.974. The molecule has 61 heavy (non-hydrogen) atoms. The van der Waals surface area contributed by atoms with Crippen LogP contribution in [0.1, 0.15) is 25.0 Å². The Kier molecular flexibility index (Phi) is 7.92. The largest absolute Gasteiger partial charge is 0.228 e. The third-order valence-electron chi connectivity index (χ3n) is 13.1. The van der Waals surface area contributed by atoms with Crippen molar-refractivity contribution in [2.24, 2.45) is 0 Å². The quantitative estimate of drug-likeness (QED) is 0.128. The van der Waals surface area contributed by atoms with E-state index in [2.05, 4.69) is 214 Å². The van der Waals surface area contributed by atoms with Crippen LogP contribution in [0.15, 0.2) is 206 Å². The molecule has 0 saturated carbocycles. The number of aromatic nitrogens is 2. The van der Waals surface area contributed by atoms with Crippen LogP contribution in [-0.2, 0) is 5.41 Å². The van der Waals surface area contributed by atoms with Crippen LogP contribution < -0.4 is 0 Å². The molecule has 1 aromatic heterocycles. The van der Waals surface area contributed by atoms with Gasteiger partial charge in [0.1, 0.15) is 0 Å². The monoisotopic (exact) mass is 776 g/mol. The molecule has 0 aliphatic heterocycles. The molecule has 0 saturated heterocycles. The highest BCUT2D eigenvalue weighted by atomic mass is 14.9. The molecule has 0 unspecified atom stereocenters. The maximum absolute atomic E-state index is 5.19. The Labute approximate surface area is 355 Å². The average molecular weight is 777 g/mol. The third kappa shape index (κ3) is 5.64. The lowest BCUT2D eigenvalue weighted by Gasteiger charge is -2.21. The first-order valence-electron chi connectivity index (χ1n) is 21.1. The van der Waals surface area contributed by atoms with Crippen LogP contribution in [0.4, 0.5) is 0 Å². The molecule has 0 atom stereocenters. The lowest BCUT2D eigenvalue weighted by atomic mass is 9.82. The molecule has 286 valence electrons. The SMILES string of the molecule is CC1(C)c2ccccc2-c2cc(-c3cc(-c4ccc(-c5ccc(-c6c7ccccc7cc7c6ccc6ccccc67)c6ccccc56)cc4)nc(-c4ccccc4)n3)ccc21. The van der Waals surface area contributed by atoms with Crippen LogP contribution >= 0.6 is 0 Å². The fourth-order valence-corrected chi connectivity index (χ4v) is 10.0. The van der Waals surface area contributed by atoms with Crippen LogP contribution in [-0.4, -0.2) is 9.97 Å². The smallest absolute Gasteiger partial charge is 0.160 e. The van der Waals surface area contributed by atoms with Gasteiger partial charge in [0.05, 0.1) is 11.4 Å². The second kappa shape index (κ2) is 13.7. The van der Waals surface area contributed by atoms with E-state index in [1.165, 1.54) is 82.0 Å². The maximum atomic E-state index is 5.19. The standard InChI is InChI=1S/C59H40N2/c1-59(2)53-23-13-12-22-48(53)52-35-42(29-33-54(52)59)56-36-55(60-58(61-56)40-15-4-3-5-16-40)39-26-24-38(25-27-39)44-31-32-49(47-21-11-10-20-46(44)47)57-45-19-9-7-17-41(45)34-51-43-18-8-6-14-37(43)28-30-50(51)57/h3-36H,1-2H3. The van der Waals surface area contributed by atoms with E-state index in [0.29, 0.717) is 5.82 Å². The molecule has 1 aliphatic carbocycles. The summed E-state index contributed by atoms with van der Waals surface area (Å²) in [5.74, 6) is 0.717. The van der Waals surface area contributed by atoms with Gasteiger partial charge in [0.2, 0.25) is 0 Å². The number of nitrogens with zero attached hydrogens (tertiary/aromatic N) is 2. The first-order chi connectivity index (χ1) is 30.0. The first-order valence-corrected chi connectivity index (χ1v) is 21.1. The molecule has 0 amide bonds.